The monoisotopic (exact) mass is 384 g/mol. The van der Waals surface area contributed by atoms with Gasteiger partial charge in [0.15, 0.2) is 17.4 Å². The molecule has 1 aromatic heterocycles. The Balaban J connectivity index is 2.12. The van der Waals surface area contributed by atoms with Gasteiger partial charge in [0.05, 0.1) is 15.0 Å². The van der Waals surface area contributed by atoms with Gasteiger partial charge in [-0.2, -0.15) is 0 Å². The van der Waals surface area contributed by atoms with E-state index in [4.69, 9.17) is 16.3 Å². The average Bonchev–Trinajstić information content (AvgIpc) is 2.48. The summed E-state index contributed by atoms with van der Waals surface area (Å²) >= 11 is 9.42. The van der Waals surface area contributed by atoms with Crippen molar-refractivity contribution in [3.05, 3.63) is 57.2 Å². The molecule has 7 heteroatoms. The molecule has 3 rings (SSSR count). The maximum atomic E-state index is 13.7. The van der Waals surface area contributed by atoms with E-state index in [1.807, 2.05) is 0 Å². The van der Waals surface area contributed by atoms with E-state index in [9.17, 15) is 8.78 Å². The van der Waals surface area contributed by atoms with Crippen molar-refractivity contribution < 1.29 is 13.5 Å². The third-order valence-corrected chi connectivity index (χ3v) is 3.90. The number of aryl methyl sites for hydroxylation is 1. The summed E-state index contributed by atoms with van der Waals surface area (Å²) in [6.07, 6.45) is 0. The van der Waals surface area contributed by atoms with Gasteiger partial charge in [0, 0.05) is 0 Å². The Morgan fingerprint density at radius 2 is 1.91 bits per heavy atom. The van der Waals surface area contributed by atoms with E-state index < -0.39 is 11.6 Å². The second-order valence-electron chi connectivity index (χ2n) is 4.50. The number of para-hydroxylation sites is 1. The summed E-state index contributed by atoms with van der Waals surface area (Å²) in [4.78, 5) is 8.21. The number of nitrogens with zero attached hydrogens (tertiary/aromatic N) is 2. The van der Waals surface area contributed by atoms with Crippen LogP contribution in [-0.4, -0.2) is 9.97 Å². The quantitative estimate of drug-likeness (QED) is 0.590. The summed E-state index contributed by atoms with van der Waals surface area (Å²) in [5, 5.41) is 0.390. The molecule has 0 aliphatic heterocycles. The molecular weight excluding hydrogens is 378 g/mol. The number of hydrogen-bond donors (Lipinski definition) is 0. The highest BCUT2D eigenvalue weighted by Gasteiger charge is 2.15. The second-order valence-corrected chi connectivity index (χ2v) is 5.76. The van der Waals surface area contributed by atoms with Gasteiger partial charge in [0.1, 0.15) is 11.2 Å². The summed E-state index contributed by atoms with van der Waals surface area (Å²) < 4.78 is 33.3. The molecule has 0 bridgehead atoms. The van der Waals surface area contributed by atoms with Gasteiger partial charge in [-0.25, -0.2) is 18.7 Å². The largest absolute Gasteiger partial charge is 0.434 e. The number of benzene rings is 2. The number of fused-ring (bicyclic) bond motifs is 1. The molecule has 0 aliphatic rings. The van der Waals surface area contributed by atoms with E-state index in [-0.39, 0.29) is 16.9 Å². The van der Waals surface area contributed by atoms with Crippen LogP contribution in [0.5, 0.6) is 11.6 Å². The molecule has 0 saturated carbocycles. The molecule has 0 saturated heterocycles. The van der Waals surface area contributed by atoms with Crippen molar-refractivity contribution in [2.24, 2.45) is 0 Å². The highest BCUT2D eigenvalue weighted by molar-refractivity contribution is 9.10. The lowest BCUT2D eigenvalue weighted by Crippen LogP contribution is -1.99. The lowest BCUT2D eigenvalue weighted by atomic mass is 10.2. The van der Waals surface area contributed by atoms with Crippen LogP contribution in [0.1, 0.15) is 5.69 Å². The van der Waals surface area contributed by atoms with Gasteiger partial charge in [-0.1, -0.05) is 17.7 Å². The Labute approximate surface area is 138 Å². The van der Waals surface area contributed by atoms with E-state index >= 15 is 0 Å². The summed E-state index contributed by atoms with van der Waals surface area (Å²) in [5.74, 6) is -1.45. The first-order valence-corrected chi connectivity index (χ1v) is 7.38. The number of ether oxygens (including phenoxy) is 1. The molecule has 0 spiro atoms. The Morgan fingerprint density at radius 3 is 2.64 bits per heavy atom. The Hall–Kier alpha value is -1.79. The van der Waals surface area contributed by atoms with Crippen LogP contribution in [0.25, 0.3) is 11.0 Å². The van der Waals surface area contributed by atoms with Crippen molar-refractivity contribution in [2.75, 3.05) is 0 Å². The molecule has 1 heterocycles. The number of hydrogen-bond acceptors (Lipinski definition) is 3. The lowest BCUT2D eigenvalue weighted by Gasteiger charge is -2.11. The molecule has 22 heavy (non-hydrogen) atoms. The standard InChI is InChI=1S/C15H8BrClF2N2O/c1-7-15(22-14-8(16)3-2-4-9(14)17)21-11-6-5-10(18)12(19)13(11)20-7/h2-6H,1H3. The first kappa shape index (κ1) is 15.1. The first-order valence-electron chi connectivity index (χ1n) is 6.21. The van der Waals surface area contributed by atoms with Crippen LogP contribution in [0.15, 0.2) is 34.8 Å². The van der Waals surface area contributed by atoms with Gasteiger partial charge >= 0.3 is 0 Å². The van der Waals surface area contributed by atoms with E-state index in [0.717, 1.165) is 6.07 Å². The van der Waals surface area contributed by atoms with Crippen LogP contribution in [-0.2, 0) is 0 Å². The minimum atomic E-state index is -1.03. The van der Waals surface area contributed by atoms with E-state index in [0.29, 0.717) is 20.9 Å². The van der Waals surface area contributed by atoms with Crippen molar-refractivity contribution in [3.8, 4) is 11.6 Å². The molecule has 0 radical (unpaired) electrons. The van der Waals surface area contributed by atoms with Gasteiger partial charge in [-0.15, -0.1) is 0 Å². The third-order valence-electron chi connectivity index (χ3n) is 2.98. The smallest absolute Gasteiger partial charge is 0.241 e. The predicted molar refractivity (Wildman–Crippen MR) is 83.4 cm³/mol. The van der Waals surface area contributed by atoms with Crippen molar-refractivity contribution in [2.45, 2.75) is 6.92 Å². The zero-order valence-electron chi connectivity index (χ0n) is 11.2. The molecule has 0 N–H and O–H groups in total. The third kappa shape index (κ3) is 2.64. The minimum absolute atomic E-state index is 0.136. The van der Waals surface area contributed by atoms with Gasteiger partial charge < -0.3 is 4.74 Å². The molecule has 0 unspecified atom stereocenters. The van der Waals surface area contributed by atoms with Crippen LogP contribution in [0.2, 0.25) is 5.02 Å². The summed E-state index contributed by atoms with van der Waals surface area (Å²) in [6, 6.07) is 7.53. The van der Waals surface area contributed by atoms with Gasteiger partial charge in [0.2, 0.25) is 5.88 Å². The number of aromatic nitrogens is 2. The highest BCUT2D eigenvalue weighted by Crippen LogP contribution is 2.36. The molecule has 0 fully saturated rings. The van der Waals surface area contributed by atoms with Crippen LogP contribution < -0.4 is 4.74 Å². The fourth-order valence-electron chi connectivity index (χ4n) is 1.91. The SMILES string of the molecule is Cc1nc2c(F)c(F)ccc2nc1Oc1c(Cl)cccc1Br. The fourth-order valence-corrected chi connectivity index (χ4v) is 2.68. The summed E-state index contributed by atoms with van der Waals surface area (Å²) in [7, 11) is 0. The summed E-state index contributed by atoms with van der Waals surface area (Å²) in [6.45, 7) is 1.59. The average molecular weight is 386 g/mol. The van der Waals surface area contributed by atoms with Crippen LogP contribution in [0.3, 0.4) is 0 Å². The topological polar surface area (TPSA) is 35.0 Å². The minimum Gasteiger partial charge on any atom is -0.434 e. The number of halogens is 4. The normalized spacial score (nSPS) is 11.0. The van der Waals surface area contributed by atoms with E-state index in [1.54, 1.807) is 25.1 Å². The van der Waals surface area contributed by atoms with Crippen molar-refractivity contribution in [3.63, 3.8) is 0 Å². The van der Waals surface area contributed by atoms with Crippen molar-refractivity contribution in [1.82, 2.24) is 9.97 Å². The zero-order chi connectivity index (χ0) is 15.9. The predicted octanol–water partition coefficient (Wildman–Crippen LogP) is 5.42. The molecule has 112 valence electrons. The maximum absolute atomic E-state index is 13.7. The molecule has 0 aliphatic carbocycles. The Bertz CT molecular complexity index is 869. The molecule has 2 aromatic carbocycles. The molecule has 3 aromatic rings. The fraction of sp³-hybridized carbons (Fsp3) is 0.0667. The van der Waals surface area contributed by atoms with E-state index in [2.05, 4.69) is 25.9 Å². The maximum Gasteiger partial charge on any atom is 0.241 e. The summed E-state index contributed by atoms with van der Waals surface area (Å²) in [5.41, 5.74) is 0.384. The zero-order valence-corrected chi connectivity index (χ0v) is 13.5. The van der Waals surface area contributed by atoms with Crippen LogP contribution >= 0.6 is 27.5 Å². The number of rotatable bonds is 2. The lowest BCUT2D eigenvalue weighted by molar-refractivity contribution is 0.454. The van der Waals surface area contributed by atoms with E-state index in [1.165, 1.54) is 6.07 Å². The van der Waals surface area contributed by atoms with Crippen LogP contribution in [0, 0.1) is 18.6 Å². The molecule has 3 nitrogen and oxygen atoms in total. The van der Waals surface area contributed by atoms with Crippen molar-refractivity contribution >= 4 is 38.6 Å². The van der Waals surface area contributed by atoms with Crippen molar-refractivity contribution in [1.29, 1.82) is 0 Å². The second kappa shape index (κ2) is 5.78. The molecule has 0 amide bonds. The Kier molecular flexibility index (Phi) is 3.97. The molecule has 0 atom stereocenters. The van der Waals surface area contributed by atoms with Gasteiger partial charge in [-0.05, 0) is 47.1 Å². The Morgan fingerprint density at radius 1 is 1.14 bits per heavy atom. The molecular formula is C15H8BrClF2N2O. The first-order chi connectivity index (χ1) is 10.5. The van der Waals surface area contributed by atoms with Crippen LogP contribution in [0.4, 0.5) is 8.78 Å². The highest BCUT2D eigenvalue weighted by atomic mass is 79.9. The van der Waals surface area contributed by atoms with Gasteiger partial charge in [-0.3, -0.25) is 0 Å². The van der Waals surface area contributed by atoms with Gasteiger partial charge in [0.25, 0.3) is 0 Å².